The summed E-state index contributed by atoms with van der Waals surface area (Å²) in [6.07, 6.45) is 0.488. The molecule has 3 N–H and O–H groups in total. The molecule has 0 aliphatic carbocycles. The number of hydrogen-bond acceptors (Lipinski definition) is 3. The lowest BCUT2D eigenvalue weighted by atomic mass is 10.2. The first-order valence-electron chi connectivity index (χ1n) is 5.65. The number of aliphatic hydroxyl groups excluding tert-OH is 1. The second-order valence-electron chi connectivity index (χ2n) is 3.84. The van der Waals surface area contributed by atoms with E-state index in [-0.39, 0.29) is 12.3 Å². The van der Waals surface area contributed by atoms with E-state index in [0.29, 0.717) is 10.9 Å². The first kappa shape index (κ1) is 15.6. The highest BCUT2D eigenvalue weighted by Gasteiger charge is 2.18. The van der Waals surface area contributed by atoms with Crippen molar-refractivity contribution in [3.05, 3.63) is 28.5 Å². The molecule has 7 heteroatoms. The minimum atomic E-state index is -0.979. The number of benzene rings is 1. The third-order valence-electron chi connectivity index (χ3n) is 2.43. The Morgan fingerprint density at radius 2 is 2.11 bits per heavy atom. The number of aliphatic hydroxyl groups is 1. The monoisotopic (exact) mass is 332 g/mol. The van der Waals surface area contributed by atoms with Crippen LogP contribution in [0.5, 0.6) is 0 Å². The van der Waals surface area contributed by atoms with Crippen molar-refractivity contribution >= 4 is 33.4 Å². The fourth-order valence-electron chi connectivity index (χ4n) is 1.30. The predicted molar refractivity (Wildman–Crippen MR) is 72.0 cm³/mol. The van der Waals surface area contributed by atoms with Crippen LogP contribution in [0.1, 0.15) is 13.3 Å². The summed E-state index contributed by atoms with van der Waals surface area (Å²) < 4.78 is 14.0. The molecule has 1 unspecified atom stereocenters. The zero-order valence-corrected chi connectivity index (χ0v) is 11.8. The minimum absolute atomic E-state index is 0.0830. The van der Waals surface area contributed by atoms with Crippen LogP contribution in [0.15, 0.2) is 22.7 Å². The van der Waals surface area contributed by atoms with Gasteiger partial charge >= 0.3 is 11.8 Å². The molecule has 1 aromatic rings. The van der Waals surface area contributed by atoms with Gasteiger partial charge in [0, 0.05) is 4.47 Å². The molecule has 0 bridgehead atoms. The summed E-state index contributed by atoms with van der Waals surface area (Å²) in [6, 6.07) is 3.57. The van der Waals surface area contributed by atoms with Gasteiger partial charge in [-0.3, -0.25) is 9.59 Å². The van der Waals surface area contributed by atoms with E-state index >= 15 is 0 Å². The topological polar surface area (TPSA) is 78.4 Å². The zero-order chi connectivity index (χ0) is 14.4. The second kappa shape index (κ2) is 7.20. The fourth-order valence-corrected chi connectivity index (χ4v) is 1.63. The molecule has 0 aliphatic heterocycles. The first-order chi connectivity index (χ1) is 8.97. The van der Waals surface area contributed by atoms with Gasteiger partial charge < -0.3 is 15.7 Å². The van der Waals surface area contributed by atoms with Crippen LogP contribution in [0.3, 0.4) is 0 Å². The van der Waals surface area contributed by atoms with E-state index in [2.05, 4.69) is 26.6 Å². The van der Waals surface area contributed by atoms with Gasteiger partial charge in [0.05, 0.1) is 18.3 Å². The SMILES string of the molecule is CCC(CO)NC(=O)C(=O)Nc1ccc(Br)cc1F. The summed E-state index contributed by atoms with van der Waals surface area (Å²) in [4.78, 5) is 23.0. The number of carbonyl (C=O) groups is 2. The van der Waals surface area contributed by atoms with Gasteiger partial charge in [-0.25, -0.2) is 4.39 Å². The highest BCUT2D eigenvalue weighted by molar-refractivity contribution is 9.10. The molecule has 2 amide bonds. The number of amides is 2. The Labute approximate surface area is 118 Å². The molecule has 0 saturated carbocycles. The molecule has 0 saturated heterocycles. The lowest BCUT2D eigenvalue weighted by Gasteiger charge is -2.13. The van der Waals surface area contributed by atoms with Crippen molar-refractivity contribution in [1.29, 1.82) is 0 Å². The van der Waals surface area contributed by atoms with Crippen LogP contribution in [0, 0.1) is 5.82 Å². The van der Waals surface area contributed by atoms with Crippen LogP contribution in [0.25, 0.3) is 0 Å². The largest absolute Gasteiger partial charge is 0.394 e. The summed E-state index contributed by atoms with van der Waals surface area (Å²) in [5.74, 6) is -2.54. The molecular weight excluding hydrogens is 319 g/mol. The van der Waals surface area contributed by atoms with Crippen molar-refractivity contribution in [2.75, 3.05) is 11.9 Å². The van der Waals surface area contributed by atoms with Gasteiger partial charge in [0.2, 0.25) is 0 Å². The molecule has 19 heavy (non-hydrogen) atoms. The van der Waals surface area contributed by atoms with E-state index in [0.717, 1.165) is 0 Å². The Morgan fingerprint density at radius 1 is 1.42 bits per heavy atom. The summed E-state index contributed by atoms with van der Waals surface area (Å²) in [5, 5.41) is 13.4. The van der Waals surface area contributed by atoms with E-state index in [1.165, 1.54) is 12.1 Å². The maximum Gasteiger partial charge on any atom is 0.313 e. The van der Waals surface area contributed by atoms with E-state index in [1.54, 1.807) is 13.0 Å². The number of anilines is 1. The molecule has 1 atom stereocenters. The van der Waals surface area contributed by atoms with Crippen molar-refractivity contribution in [3.8, 4) is 0 Å². The summed E-state index contributed by atoms with van der Waals surface area (Å²) >= 11 is 3.08. The van der Waals surface area contributed by atoms with E-state index in [9.17, 15) is 14.0 Å². The lowest BCUT2D eigenvalue weighted by Crippen LogP contribution is -2.43. The van der Waals surface area contributed by atoms with E-state index in [4.69, 9.17) is 5.11 Å². The number of nitrogens with one attached hydrogen (secondary N) is 2. The van der Waals surface area contributed by atoms with Crippen LogP contribution in [-0.4, -0.2) is 29.6 Å². The molecule has 5 nitrogen and oxygen atoms in total. The van der Waals surface area contributed by atoms with Crippen molar-refractivity contribution in [3.63, 3.8) is 0 Å². The molecule has 1 rings (SSSR count). The van der Waals surface area contributed by atoms with Crippen LogP contribution >= 0.6 is 15.9 Å². The Morgan fingerprint density at radius 3 is 2.63 bits per heavy atom. The normalized spacial score (nSPS) is 11.8. The average molecular weight is 333 g/mol. The molecule has 0 radical (unpaired) electrons. The Bertz CT molecular complexity index is 478. The Kier molecular flexibility index (Phi) is 5.91. The van der Waals surface area contributed by atoms with Crippen molar-refractivity contribution in [1.82, 2.24) is 5.32 Å². The van der Waals surface area contributed by atoms with Crippen molar-refractivity contribution in [2.45, 2.75) is 19.4 Å². The Balaban J connectivity index is 2.66. The third kappa shape index (κ3) is 4.60. The molecule has 0 spiro atoms. The molecular formula is C12H14BrFN2O3. The smallest absolute Gasteiger partial charge is 0.313 e. The molecule has 1 aromatic carbocycles. The van der Waals surface area contributed by atoms with Gasteiger partial charge in [0.25, 0.3) is 0 Å². The number of halogens is 2. The molecule has 0 heterocycles. The quantitative estimate of drug-likeness (QED) is 0.729. The first-order valence-corrected chi connectivity index (χ1v) is 6.45. The van der Waals surface area contributed by atoms with Gasteiger partial charge in [-0.05, 0) is 24.6 Å². The van der Waals surface area contributed by atoms with Gasteiger partial charge in [-0.15, -0.1) is 0 Å². The van der Waals surface area contributed by atoms with E-state index in [1.807, 2.05) is 0 Å². The summed E-state index contributed by atoms with van der Waals surface area (Å²) in [7, 11) is 0. The van der Waals surface area contributed by atoms with Gasteiger partial charge in [0.15, 0.2) is 0 Å². The molecule has 0 aliphatic rings. The zero-order valence-electron chi connectivity index (χ0n) is 10.2. The van der Waals surface area contributed by atoms with Crippen molar-refractivity contribution in [2.24, 2.45) is 0 Å². The highest BCUT2D eigenvalue weighted by atomic mass is 79.9. The third-order valence-corrected chi connectivity index (χ3v) is 2.93. The number of carbonyl (C=O) groups excluding carboxylic acids is 2. The van der Waals surface area contributed by atoms with Crippen LogP contribution < -0.4 is 10.6 Å². The molecule has 104 valence electrons. The molecule has 0 fully saturated rings. The van der Waals surface area contributed by atoms with Gasteiger partial charge in [-0.1, -0.05) is 22.9 Å². The maximum atomic E-state index is 13.5. The highest BCUT2D eigenvalue weighted by Crippen LogP contribution is 2.19. The van der Waals surface area contributed by atoms with Gasteiger partial charge in [0.1, 0.15) is 5.82 Å². The van der Waals surface area contributed by atoms with Crippen LogP contribution in [0.2, 0.25) is 0 Å². The predicted octanol–water partition coefficient (Wildman–Crippen LogP) is 1.41. The number of rotatable bonds is 4. The maximum absolute atomic E-state index is 13.5. The van der Waals surface area contributed by atoms with Gasteiger partial charge in [-0.2, -0.15) is 0 Å². The number of hydrogen-bond donors (Lipinski definition) is 3. The summed E-state index contributed by atoms with van der Waals surface area (Å²) in [5.41, 5.74) is -0.0830. The van der Waals surface area contributed by atoms with Crippen molar-refractivity contribution < 1.29 is 19.1 Å². The fraction of sp³-hybridized carbons (Fsp3) is 0.333. The van der Waals surface area contributed by atoms with E-state index < -0.39 is 23.7 Å². The lowest BCUT2D eigenvalue weighted by molar-refractivity contribution is -0.136. The average Bonchev–Trinajstić information content (AvgIpc) is 2.38. The van der Waals surface area contributed by atoms with Crippen LogP contribution in [-0.2, 0) is 9.59 Å². The Hall–Kier alpha value is -1.47. The minimum Gasteiger partial charge on any atom is -0.394 e. The summed E-state index contributed by atoms with van der Waals surface area (Å²) in [6.45, 7) is 1.50. The molecule has 0 aromatic heterocycles. The standard InChI is InChI=1S/C12H14BrFN2O3/c1-2-8(6-17)15-11(18)12(19)16-10-4-3-7(13)5-9(10)14/h3-5,8,17H,2,6H2,1H3,(H,15,18)(H,16,19). The second-order valence-corrected chi connectivity index (χ2v) is 4.76. The van der Waals surface area contributed by atoms with Crippen LogP contribution in [0.4, 0.5) is 10.1 Å².